The molecule has 0 bridgehead atoms. The van der Waals surface area contributed by atoms with Gasteiger partial charge in [-0.15, -0.1) is 0 Å². The summed E-state index contributed by atoms with van der Waals surface area (Å²) in [4.78, 5) is 2.53. The SMILES string of the molecule is CCC(C(O)c1ccccc1)N(CC)C1CCCC1. The van der Waals surface area contributed by atoms with E-state index in [4.69, 9.17) is 0 Å². The van der Waals surface area contributed by atoms with Crippen LogP contribution in [-0.2, 0) is 0 Å². The van der Waals surface area contributed by atoms with Gasteiger partial charge in [0.15, 0.2) is 0 Å². The number of benzene rings is 1. The van der Waals surface area contributed by atoms with E-state index in [2.05, 4.69) is 18.7 Å². The Morgan fingerprint density at radius 1 is 1.16 bits per heavy atom. The first-order valence-electron chi connectivity index (χ1n) is 7.76. The maximum atomic E-state index is 10.7. The Kier molecular flexibility index (Phi) is 5.41. The average molecular weight is 261 g/mol. The monoisotopic (exact) mass is 261 g/mol. The van der Waals surface area contributed by atoms with E-state index in [-0.39, 0.29) is 12.1 Å². The van der Waals surface area contributed by atoms with Crippen LogP contribution in [-0.4, -0.2) is 28.6 Å². The molecule has 2 atom stereocenters. The zero-order chi connectivity index (χ0) is 13.7. The zero-order valence-corrected chi connectivity index (χ0v) is 12.3. The van der Waals surface area contributed by atoms with Crippen LogP contribution in [0.1, 0.15) is 57.6 Å². The van der Waals surface area contributed by atoms with Crippen molar-refractivity contribution in [2.45, 2.75) is 64.1 Å². The molecule has 2 heteroatoms. The number of hydrogen-bond donors (Lipinski definition) is 1. The summed E-state index contributed by atoms with van der Waals surface area (Å²) in [6.07, 6.45) is 5.92. The fourth-order valence-electron chi connectivity index (χ4n) is 3.51. The average Bonchev–Trinajstić information content (AvgIpc) is 2.98. The second kappa shape index (κ2) is 7.06. The van der Waals surface area contributed by atoms with Crippen molar-refractivity contribution >= 4 is 0 Å². The minimum absolute atomic E-state index is 0.246. The third-order valence-electron chi connectivity index (χ3n) is 4.51. The molecule has 1 N–H and O–H groups in total. The van der Waals surface area contributed by atoms with Crippen LogP contribution in [0.2, 0.25) is 0 Å². The van der Waals surface area contributed by atoms with Gasteiger partial charge in [-0.25, -0.2) is 0 Å². The molecule has 0 heterocycles. The Balaban J connectivity index is 2.12. The summed E-state index contributed by atoms with van der Waals surface area (Å²) in [5.41, 5.74) is 1.05. The van der Waals surface area contributed by atoms with Gasteiger partial charge in [-0.3, -0.25) is 4.90 Å². The van der Waals surface area contributed by atoms with Gasteiger partial charge in [0, 0.05) is 12.1 Å². The van der Waals surface area contributed by atoms with E-state index in [0.717, 1.165) is 18.5 Å². The maximum Gasteiger partial charge on any atom is 0.0945 e. The van der Waals surface area contributed by atoms with Gasteiger partial charge in [0.1, 0.15) is 0 Å². The van der Waals surface area contributed by atoms with Gasteiger partial charge in [-0.05, 0) is 31.4 Å². The Bertz CT molecular complexity index is 359. The highest BCUT2D eigenvalue weighted by Crippen LogP contribution is 2.30. The van der Waals surface area contributed by atoms with Gasteiger partial charge in [-0.1, -0.05) is 57.0 Å². The van der Waals surface area contributed by atoms with E-state index in [0.29, 0.717) is 6.04 Å². The maximum absolute atomic E-state index is 10.7. The van der Waals surface area contributed by atoms with Crippen LogP contribution in [0.3, 0.4) is 0 Å². The summed E-state index contributed by atoms with van der Waals surface area (Å²) in [5, 5.41) is 10.7. The van der Waals surface area contributed by atoms with Crippen molar-refractivity contribution in [3.63, 3.8) is 0 Å². The molecule has 0 radical (unpaired) electrons. The van der Waals surface area contributed by atoms with Crippen molar-refractivity contribution in [1.29, 1.82) is 0 Å². The summed E-state index contributed by atoms with van der Waals surface area (Å²) in [6, 6.07) is 11.0. The van der Waals surface area contributed by atoms with Crippen LogP contribution < -0.4 is 0 Å². The van der Waals surface area contributed by atoms with Crippen molar-refractivity contribution in [3.05, 3.63) is 35.9 Å². The molecule has 2 rings (SSSR count). The summed E-state index contributed by atoms with van der Waals surface area (Å²) < 4.78 is 0. The lowest BCUT2D eigenvalue weighted by atomic mass is 9.97. The summed E-state index contributed by atoms with van der Waals surface area (Å²) in [6.45, 7) is 5.44. The number of rotatable bonds is 6. The van der Waals surface area contributed by atoms with Crippen molar-refractivity contribution in [2.24, 2.45) is 0 Å². The molecule has 1 aromatic rings. The Morgan fingerprint density at radius 2 is 1.79 bits per heavy atom. The van der Waals surface area contributed by atoms with Gasteiger partial charge in [-0.2, -0.15) is 0 Å². The second-order valence-corrected chi connectivity index (χ2v) is 5.60. The van der Waals surface area contributed by atoms with E-state index in [9.17, 15) is 5.11 Å². The third-order valence-corrected chi connectivity index (χ3v) is 4.51. The molecule has 1 fully saturated rings. The summed E-state index contributed by atoms with van der Waals surface area (Å²) >= 11 is 0. The first-order valence-corrected chi connectivity index (χ1v) is 7.76. The lowest BCUT2D eigenvalue weighted by Gasteiger charge is -2.38. The molecule has 1 aromatic carbocycles. The normalized spacial score (nSPS) is 19.8. The molecule has 1 saturated carbocycles. The third kappa shape index (κ3) is 3.37. The van der Waals surface area contributed by atoms with Gasteiger partial charge >= 0.3 is 0 Å². The van der Waals surface area contributed by atoms with Crippen LogP contribution in [0.4, 0.5) is 0 Å². The highest BCUT2D eigenvalue weighted by molar-refractivity contribution is 5.19. The number of hydrogen-bond acceptors (Lipinski definition) is 2. The molecule has 2 nitrogen and oxygen atoms in total. The molecule has 2 unspecified atom stereocenters. The smallest absolute Gasteiger partial charge is 0.0945 e. The molecule has 0 spiro atoms. The van der Waals surface area contributed by atoms with Crippen molar-refractivity contribution in [1.82, 2.24) is 4.90 Å². The molecule has 0 saturated heterocycles. The number of likely N-dealkylation sites (N-methyl/N-ethyl adjacent to an activating group) is 1. The van der Waals surface area contributed by atoms with E-state index in [1.165, 1.54) is 25.7 Å². The highest BCUT2D eigenvalue weighted by atomic mass is 16.3. The molecule has 0 aliphatic heterocycles. The Morgan fingerprint density at radius 3 is 2.32 bits per heavy atom. The Labute approximate surface area is 117 Å². The predicted octanol–water partition coefficient (Wildman–Crippen LogP) is 3.76. The quantitative estimate of drug-likeness (QED) is 0.842. The minimum atomic E-state index is -0.369. The first kappa shape index (κ1) is 14.5. The van der Waals surface area contributed by atoms with Gasteiger partial charge in [0.05, 0.1) is 6.10 Å². The molecule has 0 amide bonds. The molecular formula is C17H27NO. The van der Waals surface area contributed by atoms with E-state index >= 15 is 0 Å². The van der Waals surface area contributed by atoms with E-state index < -0.39 is 0 Å². The standard InChI is InChI=1S/C17H27NO/c1-3-16(17(19)14-10-6-5-7-11-14)18(4-2)15-12-8-9-13-15/h5-7,10-11,15-17,19H,3-4,8-9,12-13H2,1-2H3. The fraction of sp³-hybridized carbons (Fsp3) is 0.647. The fourth-order valence-corrected chi connectivity index (χ4v) is 3.51. The molecule has 0 aromatic heterocycles. The van der Waals surface area contributed by atoms with Crippen LogP contribution in [0.15, 0.2) is 30.3 Å². The van der Waals surface area contributed by atoms with Crippen molar-refractivity contribution in [2.75, 3.05) is 6.54 Å². The molecule has 19 heavy (non-hydrogen) atoms. The summed E-state index contributed by atoms with van der Waals surface area (Å²) in [7, 11) is 0. The van der Waals surface area contributed by atoms with Gasteiger partial charge in [0.2, 0.25) is 0 Å². The predicted molar refractivity (Wildman–Crippen MR) is 80.1 cm³/mol. The number of nitrogens with zero attached hydrogens (tertiary/aromatic N) is 1. The molecule has 1 aliphatic carbocycles. The lowest BCUT2D eigenvalue weighted by Crippen LogP contribution is -2.44. The number of aliphatic hydroxyl groups excluding tert-OH is 1. The van der Waals surface area contributed by atoms with E-state index in [1.54, 1.807) is 0 Å². The van der Waals surface area contributed by atoms with Crippen LogP contribution in [0.25, 0.3) is 0 Å². The van der Waals surface area contributed by atoms with Crippen LogP contribution in [0.5, 0.6) is 0 Å². The van der Waals surface area contributed by atoms with Crippen LogP contribution in [0, 0.1) is 0 Å². The van der Waals surface area contributed by atoms with E-state index in [1.807, 2.05) is 30.3 Å². The van der Waals surface area contributed by atoms with Gasteiger partial charge in [0.25, 0.3) is 0 Å². The van der Waals surface area contributed by atoms with Gasteiger partial charge < -0.3 is 5.11 Å². The van der Waals surface area contributed by atoms with Crippen molar-refractivity contribution < 1.29 is 5.11 Å². The number of aliphatic hydroxyl groups is 1. The van der Waals surface area contributed by atoms with Crippen molar-refractivity contribution in [3.8, 4) is 0 Å². The lowest BCUT2D eigenvalue weighted by molar-refractivity contribution is 0.0246. The molecule has 1 aliphatic rings. The second-order valence-electron chi connectivity index (χ2n) is 5.60. The Hall–Kier alpha value is -0.860. The summed E-state index contributed by atoms with van der Waals surface area (Å²) in [5.74, 6) is 0. The highest BCUT2D eigenvalue weighted by Gasteiger charge is 2.31. The minimum Gasteiger partial charge on any atom is -0.387 e. The molecular weight excluding hydrogens is 234 g/mol. The van der Waals surface area contributed by atoms with Crippen LogP contribution >= 0.6 is 0 Å². The first-order chi connectivity index (χ1) is 9.27. The molecule has 106 valence electrons. The topological polar surface area (TPSA) is 23.5 Å². The zero-order valence-electron chi connectivity index (χ0n) is 12.3. The largest absolute Gasteiger partial charge is 0.387 e.